The lowest BCUT2D eigenvalue weighted by atomic mass is 10.1. The van der Waals surface area contributed by atoms with E-state index in [1.54, 1.807) is 20.1 Å². The maximum Gasteiger partial charge on any atom is 0.311 e. The highest BCUT2D eigenvalue weighted by atomic mass is 16.6. The molecule has 0 saturated heterocycles. The number of esters is 1. The Bertz CT molecular complexity index is 1030. The second kappa shape index (κ2) is 8.51. The van der Waals surface area contributed by atoms with Gasteiger partial charge in [0.1, 0.15) is 5.75 Å². The normalized spacial score (nSPS) is 11.7. The van der Waals surface area contributed by atoms with E-state index in [9.17, 15) is 14.9 Å². The van der Waals surface area contributed by atoms with Gasteiger partial charge < -0.3 is 13.9 Å². The predicted molar refractivity (Wildman–Crippen MR) is 102 cm³/mol. The number of aromatic nitrogens is 2. The van der Waals surface area contributed by atoms with Crippen molar-refractivity contribution < 1.29 is 23.6 Å². The lowest BCUT2D eigenvalue weighted by Gasteiger charge is -2.12. The molecule has 0 aliphatic heterocycles. The van der Waals surface area contributed by atoms with Crippen molar-refractivity contribution in [2.24, 2.45) is 0 Å². The summed E-state index contributed by atoms with van der Waals surface area (Å²) in [6, 6.07) is 11.3. The van der Waals surface area contributed by atoms with Crippen LogP contribution in [0.4, 0.5) is 5.69 Å². The molecule has 0 bridgehead atoms. The van der Waals surface area contributed by atoms with Crippen molar-refractivity contribution in [3.05, 3.63) is 69.6 Å². The first-order valence-corrected chi connectivity index (χ1v) is 8.78. The van der Waals surface area contributed by atoms with Gasteiger partial charge in [0.05, 0.1) is 18.5 Å². The van der Waals surface area contributed by atoms with Crippen LogP contribution < -0.4 is 4.74 Å². The Morgan fingerprint density at radius 3 is 2.59 bits per heavy atom. The highest BCUT2D eigenvalue weighted by molar-refractivity contribution is 5.74. The average Bonchev–Trinajstić information content (AvgIpc) is 3.18. The van der Waals surface area contributed by atoms with Gasteiger partial charge in [-0.3, -0.25) is 14.9 Å². The van der Waals surface area contributed by atoms with E-state index in [1.807, 2.05) is 19.1 Å². The van der Waals surface area contributed by atoms with Crippen LogP contribution >= 0.6 is 0 Å². The Kier molecular flexibility index (Phi) is 5.87. The minimum atomic E-state index is -0.752. The lowest BCUT2D eigenvalue weighted by Crippen LogP contribution is -2.12. The zero-order chi connectivity index (χ0) is 21.0. The number of rotatable bonds is 7. The molecule has 0 unspecified atom stereocenters. The maximum atomic E-state index is 12.3. The van der Waals surface area contributed by atoms with E-state index in [0.29, 0.717) is 11.3 Å². The molecule has 0 N–H and O–H groups in total. The number of nitrogens with zero attached hydrogens (tertiary/aromatic N) is 3. The molecule has 9 nitrogen and oxygen atoms in total. The number of carbonyl (C=O) groups excluding carboxylic acids is 1. The fourth-order valence-electron chi connectivity index (χ4n) is 2.73. The SMILES string of the molecule is COc1ccc(C)cc1CC(=O)O[C@H](C)c1nnc(-c2ccc([N+](=O)[O-])cc2)o1. The molecule has 0 radical (unpaired) electrons. The van der Waals surface area contributed by atoms with E-state index in [0.717, 1.165) is 11.1 Å². The van der Waals surface area contributed by atoms with Crippen LogP contribution in [0.3, 0.4) is 0 Å². The van der Waals surface area contributed by atoms with E-state index < -0.39 is 17.0 Å². The molecular weight excluding hydrogens is 378 g/mol. The van der Waals surface area contributed by atoms with Gasteiger partial charge in [0.25, 0.3) is 11.6 Å². The predicted octanol–water partition coefficient (Wildman–Crippen LogP) is 3.81. The Morgan fingerprint density at radius 2 is 1.93 bits per heavy atom. The van der Waals surface area contributed by atoms with Crippen molar-refractivity contribution >= 4 is 11.7 Å². The minimum Gasteiger partial charge on any atom is -0.496 e. The van der Waals surface area contributed by atoms with Crippen molar-refractivity contribution in [1.29, 1.82) is 0 Å². The number of hydrogen-bond donors (Lipinski definition) is 0. The standard InChI is InChI=1S/C20H19N3O6/c1-12-4-9-17(27-3)15(10-12)11-18(24)28-13(2)19-21-22-20(29-19)14-5-7-16(8-6-14)23(25)26/h4-10,13H,11H2,1-3H3/t13-/m1/s1. The van der Waals surface area contributed by atoms with Gasteiger partial charge in [-0.15, -0.1) is 10.2 Å². The van der Waals surface area contributed by atoms with E-state index >= 15 is 0 Å². The van der Waals surface area contributed by atoms with Crippen LogP contribution in [0.1, 0.15) is 30.0 Å². The number of benzene rings is 2. The fraction of sp³-hybridized carbons (Fsp3) is 0.250. The molecular formula is C20H19N3O6. The maximum absolute atomic E-state index is 12.3. The second-order valence-electron chi connectivity index (χ2n) is 6.37. The molecule has 150 valence electrons. The molecule has 1 aromatic heterocycles. The van der Waals surface area contributed by atoms with E-state index in [1.165, 1.54) is 24.3 Å². The monoisotopic (exact) mass is 397 g/mol. The minimum absolute atomic E-state index is 0.0395. The first-order valence-electron chi connectivity index (χ1n) is 8.78. The summed E-state index contributed by atoms with van der Waals surface area (Å²) in [6.45, 7) is 3.55. The van der Waals surface area contributed by atoms with Crippen molar-refractivity contribution in [3.63, 3.8) is 0 Å². The highest BCUT2D eigenvalue weighted by Crippen LogP contribution is 2.25. The third-order valence-electron chi connectivity index (χ3n) is 4.19. The molecule has 0 amide bonds. The summed E-state index contributed by atoms with van der Waals surface area (Å²) in [5.41, 5.74) is 2.22. The van der Waals surface area contributed by atoms with E-state index in [2.05, 4.69) is 10.2 Å². The van der Waals surface area contributed by atoms with Gasteiger partial charge in [-0.2, -0.15) is 0 Å². The van der Waals surface area contributed by atoms with Gasteiger partial charge in [0.15, 0.2) is 6.10 Å². The van der Waals surface area contributed by atoms with Crippen molar-refractivity contribution in [2.75, 3.05) is 7.11 Å². The van der Waals surface area contributed by atoms with Crippen LogP contribution in [0.5, 0.6) is 5.75 Å². The second-order valence-corrected chi connectivity index (χ2v) is 6.37. The largest absolute Gasteiger partial charge is 0.496 e. The van der Waals surface area contributed by atoms with E-state index in [-0.39, 0.29) is 23.9 Å². The number of nitro benzene ring substituents is 1. The molecule has 0 saturated carbocycles. The van der Waals surface area contributed by atoms with Gasteiger partial charge in [-0.25, -0.2) is 0 Å². The summed E-state index contributed by atoms with van der Waals surface area (Å²) in [4.78, 5) is 22.6. The third-order valence-corrected chi connectivity index (χ3v) is 4.19. The van der Waals surface area contributed by atoms with Crippen LogP contribution in [-0.2, 0) is 16.0 Å². The summed E-state index contributed by atoms with van der Waals surface area (Å²) < 4.78 is 16.2. The molecule has 1 heterocycles. The number of hydrogen-bond acceptors (Lipinski definition) is 8. The summed E-state index contributed by atoms with van der Waals surface area (Å²) in [6.07, 6.45) is -0.712. The third kappa shape index (κ3) is 4.75. The van der Waals surface area contributed by atoms with Gasteiger partial charge >= 0.3 is 5.97 Å². The zero-order valence-corrected chi connectivity index (χ0v) is 16.1. The Hall–Kier alpha value is -3.75. The number of methoxy groups -OCH3 is 1. The van der Waals surface area contributed by atoms with Crippen molar-refractivity contribution in [3.8, 4) is 17.2 Å². The fourth-order valence-corrected chi connectivity index (χ4v) is 2.73. The van der Waals surface area contributed by atoms with Gasteiger partial charge in [-0.05, 0) is 32.0 Å². The molecule has 0 aliphatic carbocycles. The number of ether oxygens (including phenoxy) is 2. The summed E-state index contributed by atoms with van der Waals surface area (Å²) in [7, 11) is 1.54. The topological polar surface area (TPSA) is 118 Å². The Labute approximate surface area is 166 Å². The Morgan fingerprint density at radius 1 is 1.21 bits per heavy atom. The van der Waals surface area contributed by atoms with Gasteiger partial charge in [0.2, 0.25) is 5.89 Å². The zero-order valence-electron chi connectivity index (χ0n) is 16.1. The molecule has 0 aliphatic rings. The number of carbonyl (C=O) groups is 1. The average molecular weight is 397 g/mol. The summed E-state index contributed by atoms with van der Waals surface area (Å²) in [5.74, 6) is 0.455. The smallest absolute Gasteiger partial charge is 0.311 e. The number of nitro groups is 1. The van der Waals surface area contributed by atoms with Crippen LogP contribution in [-0.4, -0.2) is 28.2 Å². The molecule has 0 spiro atoms. The lowest BCUT2D eigenvalue weighted by molar-refractivity contribution is -0.384. The van der Waals surface area contributed by atoms with Gasteiger partial charge in [0, 0.05) is 23.3 Å². The van der Waals surface area contributed by atoms with Crippen LogP contribution in [0.25, 0.3) is 11.5 Å². The number of aryl methyl sites for hydroxylation is 1. The molecule has 0 fully saturated rings. The van der Waals surface area contributed by atoms with E-state index in [4.69, 9.17) is 13.9 Å². The number of non-ortho nitro benzene ring substituents is 1. The van der Waals surface area contributed by atoms with Crippen molar-refractivity contribution in [2.45, 2.75) is 26.4 Å². The van der Waals surface area contributed by atoms with Crippen LogP contribution in [0.15, 0.2) is 46.9 Å². The molecule has 2 aromatic carbocycles. The molecule has 29 heavy (non-hydrogen) atoms. The summed E-state index contributed by atoms with van der Waals surface area (Å²) in [5, 5.41) is 18.6. The van der Waals surface area contributed by atoms with Gasteiger partial charge in [-0.1, -0.05) is 17.7 Å². The summed E-state index contributed by atoms with van der Waals surface area (Å²) >= 11 is 0. The highest BCUT2D eigenvalue weighted by Gasteiger charge is 2.20. The quantitative estimate of drug-likeness (QED) is 0.335. The Balaban J connectivity index is 1.67. The van der Waals surface area contributed by atoms with Crippen molar-refractivity contribution in [1.82, 2.24) is 10.2 Å². The first kappa shape index (κ1) is 20.0. The molecule has 9 heteroatoms. The van der Waals surface area contributed by atoms with Crippen LogP contribution in [0.2, 0.25) is 0 Å². The van der Waals surface area contributed by atoms with Crippen LogP contribution in [0, 0.1) is 17.0 Å². The molecule has 3 rings (SSSR count). The molecule has 1 atom stereocenters. The first-order chi connectivity index (χ1) is 13.9. The molecule has 3 aromatic rings.